The maximum absolute atomic E-state index is 4.29. The fourth-order valence-corrected chi connectivity index (χ4v) is 2.04. The zero-order chi connectivity index (χ0) is 8.55. The monoisotopic (exact) mass is 183 g/mol. The summed E-state index contributed by atoms with van der Waals surface area (Å²) in [5.74, 6) is 0. The van der Waals surface area contributed by atoms with Gasteiger partial charge in [0.1, 0.15) is 0 Å². The maximum atomic E-state index is 4.29. The second kappa shape index (κ2) is 3.11. The Morgan fingerprint density at radius 2 is 2.33 bits per heavy atom. The van der Waals surface area contributed by atoms with E-state index in [4.69, 9.17) is 0 Å². The van der Waals surface area contributed by atoms with Gasteiger partial charge in [0.15, 0.2) is 0 Å². The zero-order valence-electron chi connectivity index (χ0n) is 7.45. The van der Waals surface area contributed by atoms with Gasteiger partial charge in [-0.15, -0.1) is 0 Å². The zero-order valence-corrected chi connectivity index (χ0v) is 8.27. The summed E-state index contributed by atoms with van der Waals surface area (Å²) in [6.45, 7) is 5.32. The molecule has 0 amide bonds. The highest BCUT2D eigenvalue weighted by atomic mass is 32.2. The highest BCUT2D eigenvalue weighted by Crippen LogP contribution is 2.19. The molecule has 0 atom stereocenters. The summed E-state index contributed by atoms with van der Waals surface area (Å²) in [4.78, 5) is 4.29. The molecule has 1 aliphatic rings. The Balaban J connectivity index is 2.26. The molecule has 1 aromatic rings. The molecule has 0 unspecified atom stereocenters. The van der Waals surface area contributed by atoms with Crippen LogP contribution in [0.4, 0.5) is 0 Å². The molecule has 0 bridgehead atoms. The Morgan fingerprint density at radius 1 is 1.50 bits per heavy atom. The summed E-state index contributed by atoms with van der Waals surface area (Å²) in [6, 6.07) is 0. The molecule has 0 spiro atoms. The molecule has 2 heterocycles. The summed E-state index contributed by atoms with van der Waals surface area (Å²) in [6.07, 6.45) is 4.07. The minimum absolute atomic E-state index is 1.03. The molecule has 1 aromatic heterocycles. The van der Waals surface area contributed by atoms with Crippen molar-refractivity contribution < 1.29 is 0 Å². The Bertz CT molecular complexity index is 282. The average molecular weight is 183 g/mol. The molecule has 0 aliphatic carbocycles. The Hall–Kier alpha value is -0.480. The van der Waals surface area contributed by atoms with Crippen LogP contribution in [0.2, 0.25) is 0 Å². The van der Waals surface area contributed by atoms with Gasteiger partial charge in [0.05, 0.1) is 24.3 Å². The molecule has 0 N–H and O–H groups in total. The molecule has 0 fully saturated rings. The summed E-state index contributed by atoms with van der Waals surface area (Å²) in [5, 5.41) is 0. The summed E-state index contributed by atoms with van der Waals surface area (Å²) < 4.78 is 4.62. The number of hydrogen-bond acceptors (Lipinski definition) is 3. The molecule has 0 saturated carbocycles. The molecule has 3 nitrogen and oxygen atoms in total. The summed E-state index contributed by atoms with van der Waals surface area (Å²) in [7, 11) is 0. The standard InChI is InChI=1S/C8H13N3S/c1-7-8-5-11(12-2)4-3-10(8)6-9-7/h6H,3-5H2,1-2H3. The van der Waals surface area contributed by atoms with Gasteiger partial charge in [-0.3, -0.25) is 0 Å². The van der Waals surface area contributed by atoms with Crippen LogP contribution in [-0.2, 0) is 13.1 Å². The second-order valence-corrected chi connectivity index (χ2v) is 3.90. The smallest absolute Gasteiger partial charge is 0.0952 e. The fourth-order valence-electron chi connectivity index (χ4n) is 1.53. The van der Waals surface area contributed by atoms with E-state index in [1.807, 2.05) is 18.3 Å². The van der Waals surface area contributed by atoms with Gasteiger partial charge < -0.3 is 4.57 Å². The first-order valence-corrected chi connectivity index (χ1v) is 5.29. The van der Waals surface area contributed by atoms with Gasteiger partial charge in [0.25, 0.3) is 0 Å². The van der Waals surface area contributed by atoms with E-state index in [1.165, 1.54) is 11.4 Å². The molecule has 0 aromatic carbocycles. The molecular weight excluding hydrogens is 170 g/mol. The lowest BCUT2D eigenvalue weighted by Crippen LogP contribution is -2.28. The minimum atomic E-state index is 1.03. The first-order chi connectivity index (χ1) is 5.81. The average Bonchev–Trinajstić information content (AvgIpc) is 2.47. The number of rotatable bonds is 1. The van der Waals surface area contributed by atoms with Gasteiger partial charge in [0, 0.05) is 13.1 Å². The van der Waals surface area contributed by atoms with Crippen LogP contribution in [0.1, 0.15) is 11.4 Å². The predicted octanol–water partition coefficient (Wildman–Crippen LogP) is 1.29. The number of aromatic nitrogens is 2. The number of nitrogens with zero attached hydrogens (tertiary/aromatic N) is 3. The predicted molar refractivity (Wildman–Crippen MR) is 50.9 cm³/mol. The Labute approximate surface area is 76.9 Å². The number of fused-ring (bicyclic) bond motifs is 1. The van der Waals surface area contributed by atoms with Gasteiger partial charge in [0.2, 0.25) is 0 Å². The molecule has 0 saturated heterocycles. The quantitative estimate of drug-likeness (QED) is 0.612. The van der Waals surface area contributed by atoms with Crippen LogP contribution in [0.3, 0.4) is 0 Å². The SMILES string of the molecule is CSN1CCn2cnc(C)c2C1. The molecule has 4 heteroatoms. The van der Waals surface area contributed by atoms with Crippen molar-refractivity contribution in [3.05, 3.63) is 17.7 Å². The van der Waals surface area contributed by atoms with E-state index >= 15 is 0 Å². The van der Waals surface area contributed by atoms with Crippen molar-refractivity contribution in [1.82, 2.24) is 13.9 Å². The van der Waals surface area contributed by atoms with Crippen molar-refractivity contribution in [3.63, 3.8) is 0 Å². The fraction of sp³-hybridized carbons (Fsp3) is 0.625. The minimum Gasteiger partial charge on any atom is -0.332 e. The van der Waals surface area contributed by atoms with Gasteiger partial charge in [-0.05, 0) is 13.2 Å². The lowest BCUT2D eigenvalue weighted by molar-refractivity contribution is 0.375. The topological polar surface area (TPSA) is 21.1 Å². The van der Waals surface area contributed by atoms with Crippen molar-refractivity contribution in [2.75, 3.05) is 12.8 Å². The third-order valence-corrected chi connectivity index (χ3v) is 3.16. The molecule has 66 valence electrons. The van der Waals surface area contributed by atoms with Crippen LogP contribution in [0.25, 0.3) is 0 Å². The number of hydrogen-bond donors (Lipinski definition) is 0. The molecule has 1 aliphatic heterocycles. The third kappa shape index (κ3) is 1.25. The Kier molecular flexibility index (Phi) is 2.11. The molecular formula is C8H13N3S. The third-order valence-electron chi connectivity index (χ3n) is 2.33. The Morgan fingerprint density at radius 3 is 3.08 bits per heavy atom. The van der Waals surface area contributed by atoms with E-state index in [-0.39, 0.29) is 0 Å². The van der Waals surface area contributed by atoms with Crippen LogP contribution < -0.4 is 0 Å². The van der Waals surface area contributed by atoms with E-state index in [9.17, 15) is 0 Å². The molecule has 12 heavy (non-hydrogen) atoms. The van der Waals surface area contributed by atoms with Gasteiger partial charge >= 0.3 is 0 Å². The van der Waals surface area contributed by atoms with Crippen molar-refractivity contribution >= 4 is 11.9 Å². The maximum Gasteiger partial charge on any atom is 0.0952 e. The van der Waals surface area contributed by atoms with Crippen molar-refractivity contribution in [2.45, 2.75) is 20.0 Å². The van der Waals surface area contributed by atoms with Crippen LogP contribution in [0.15, 0.2) is 6.33 Å². The van der Waals surface area contributed by atoms with Crippen molar-refractivity contribution in [2.24, 2.45) is 0 Å². The van der Waals surface area contributed by atoms with E-state index in [0.29, 0.717) is 0 Å². The van der Waals surface area contributed by atoms with Gasteiger partial charge in [-0.1, -0.05) is 11.9 Å². The largest absolute Gasteiger partial charge is 0.332 e. The lowest BCUT2D eigenvalue weighted by Gasteiger charge is -2.25. The van der Waals surface area contributed by atoms with Gasteiger partial charge in [-0.2, -0.15) is 0 Å². The van der Waals surface area contributed by atoms with E-state index < -0.39 is 0 Å². The van der Waals surface area contributed by atoms with Crippen LogP contribution >= 0.6 is 11.9 Å². The normalized spacial score (nSPS) is 17.8. The van der Waals surface area contributed by atoms with E-state index in [0.717, 1.165) is 19.6 Å². The lowest BCUT2D eigenvalue weighted by atomic mass is 10.3. The van der Waals surface area contributed by atoms with Crippen molar-refractivity contribution in [3.8, 4) is 0 Å². The molecule has 0 radical (unpaired) electrons. The summed E-state index contributed by atoms with van der Waals surface area (Å²) >= 11 is 1.81. The number of aryl methyl sites for hydroxylation is 1. The van der Waals surface area contributed by atoms with E-state index in [2.05, 4.69) is 27.0 Å². The second-order valence-electron chi connectivity index (χ2n) is 3.02. The highest BCUT2D eigenvalue weighted by molar-refractivity contribution is 7.96. The van der Waals surface area contributed by atoms with E-state index in [1.54, 1.807) is 0 Å². The van der Waals surface area contributed by atoms with Crippen LogP contribution in [-0.4, -0.2) is 26.7 Å². The summed E-state index contributed by atoms with van der Waals surface area (Å²) in [5.41, 5.74) is 2.55. The first-order valence-electron chi connectivity index (χ1n) is 4.11. The van der Waals surface area contributed by atoms with Gasteiger partial charge in [-0.25, -0.2) is 9.29 Å². The molecule has 2 rings (SSSR count). The van der Waals surface area contributed by atoms with Crippen LogP contribution in [0, 0.1) is 6.92 Å². The van der Waals surface area contributed by atoms with Crippen molar-refractivity contribution in [1.29, 1.82) is 0 Å². The van der Waals surface area contributed by atoms with Crippen LogP contribution in [0.5, 0.6) is 0 Å². The first kappa shape index (κ1) is 8.13. The highest BCUT2D eigenvalue weighted by Gasteiger charge is 2.17. The number of imidazole rings is 1.